The molecule has 0 radical (unpaired) electrons. The predicted octanol–water partition coefficient (Wildman–Crippen LogP) is 2.61. The van der Waals surface area contributed by atoms with Crippen LogP contribution in [0.4, 0.5) is 5.69 Å². The van der Waals surface area contributed by atoms with Crippen molar-refractivity contribution in [2.24, 2.45) is 5.92 Å². The van der Waals surface area contributed by atoms with Crippen molar-refractivity contribution < 1.29 is 9.53 Å². The van der Waals surface area contributed by atoms with Gasteiger partial charge >= 0.3 is 0 Å². The maximum absolute atomic E-state index is 12.0. The standard InChI is InChI=1S/C18H25Cl2N3O2/c1-25-9-8-23-13-14(10-18(23)24)12-21-4-6-22(7-5-21)15-2-3-16(19)17(20)11-15/h2-3,11,14H,4-10,12-13H2,1H3/t14-/m1/s1. The molecule has 0 bridgehead atoms. The molecule has 0 N–H and O–H groups in total. The molecule has 7 heteroatoms. The summed E-state index contributed by atoms with van der Waals surface area (Å²) < 4.78 is 5.08. The first-order chi connectivity index (χ1) is 12.1. The molecule has 2 aliphatic heterocycles. The van der Waals surface area contributed by atoms with Gasteiger partial charge < -0.3 is 14.5 Å². The third kappa shape index (κ3) is 4.79. The van der Waals surface area contributed by atoms with E-state index < -0.39 is 0 Å². The molecule has 1 atom stereocenters. The fourth-order valence-corrected chi connectivity index (χ4v) is 3.92. The molecule has 0 saturated carbocycles. The summed E-state index contributed by atoms with van der Waals surface area (Å²) in [6.45, 7) is 7.10. The number of anilines is 1. The molecule has 2 saturated heterocycles. The van der Waals surface area contributed by atoms with Crippen LogP contribution in [0.1, 0.15) is 6.42 Å². The summed E-state index contributed by atoms with van der Waals surface area (Å²) in [5.41, 5.74) is 1.12. The number of carbonyl (C=O) groups is 1. The van der Waals surface area contributed by atoms with Crippen LogP contribution in [0.3, 0.4) is 0 Å². The van der Waals surface area contributed by atoms with Crippen LogP contribution < -0.4 is 4.90 Å². The predicted molar refractivity (Wildman–Crippen MR) is 102 cm³/mol. The molecule has 25 heavy (non-hydrogen) atoms. The Morgan fingerprint density at radius 2 is 1.92 bits per heavy atom. The van der Waals surface area contributed by atoms with Crippen molar-refractivity contribution in [3.8, 4) is 0 Å². The van der Waals surface area contributed by atoms with E-state index in [1.165, 1.54) is 0 Å². The Morgan fingerprint density at radius 3 is 2.60 bits per heavy atom. The molecule has 5 nitrogen and oxygen atoms in total. The van der Waals surface area contributed by atoms with Crippen LogP contribution >= 0.6 is 23.2 Å². The SMILES string of the molecule is COCCN1C[C@@H](CN2CCN(c3ccc(Cl)c(Cl)c3)CC2)CC1=O. The van der Waals surface area contributed by atoms with Gasteiger partial charge in [-0.3, -0.25) is 9.69 Å². The number of ether oxygens (including phenoxy) is 1. The van der Waals surface area contributed by atoms with Crippen molar-refractivity contribution in [2.75, 3.05) is 64.4 Å². The van der Waals surface area contributed by atoms with Crippen LogP contribution in [-0.2, 0) is 9.53 Å². The molecule has 1 aromatic rings. The van der Waals surface area contributed by atoms with E-state index in [4.69, 9.17) is 27.9 Å². The highest BCUT2D eigenvalue weighted by molar-refractivity contribution is 6.42. The normalized spacial score (nSPS) is 22.0. The first-order valence-corrected chi connectivity index (χ1v) is 9.51. The molecule has 2 fully saturated rings. The zero-order valence-electron chi connectivity index (χ0n) is 14.6. The minimum Gasteiger partial charge on any atom is -0.383 e. The molecule has 2 heterocycles. The van der Waals surface area contributed by atoms with Crippen LogP contribution in [0.25, 0.3) is 0 Å². The molecule has 0 aliphatic carbocycles. The van der Waals surface area contributed by atoms with Gasteiger partial charge in [0, 0.05) is 65.0 Å². The summed E-state index contributed by atoms with van der Waals surface area (Å²) in [6, 6.07) is 5.81. The van der Waals surface area contributed by atoms with Gasteiger partial charge in [-0.25, -0.2) is 0 Å². The van der Waals surface area contributed by atoms with Crippen molar-refractivity contribution in [3.63, 3.8) is 0 Å². The number of benzene rings is 1. The Kier molecular flexibility index (Phi) is 6.44. The monoisotopic (exact) mass is 385 g/mol. The van der Waals surface area contributed by atoms with Crippen LogP contribution in [0.15, 0.2) is 18.2 Å². The van der Waals surface area contributed by atoms with Gasteiger partial charge in [-0.1, -0.05) is 23.2 Å². The number of nitrogens with zero attached hydrogens (tertiary/aromatic N) is 3. The number of hydrogen-bond acceptors (Lipinski definition) is 4. The van der Waals surface area contributed by atoms with Crippen molar-refractivity contribution in [1.29, 1.82) is 0 Å². The number of likely N-dealkylation sites (tertiary alicyclic amines) is 1. The minimum absolute atomic E-state index is 0.261. The van der Waals surface area contributed by atoms with Crippen molar-refractivity contribution in [1.82, 2.24) is 9.80 Å². The lowest BCUT2D eigenvalue weighted by atomic mass is 10.1. The maximum atomic E-state index is 12.0. The van der Waals surface area contributed by atoms with E-state index in [9.17, 15) is 4.79 Å². The molecule has 3 rings (SSSR count). The van der Waals surface area contributed by atoms with Crippen molar-refractivity contribution in [3.05, 3.63) is 28.2 Å². The highest BCUT2D eigenvalue weighted by Crippen LogP contribution is 2.28. The number of amides is 1. The number of piperazine rings is 1. The first-order valence-electron chi connectivity index (χ1n) is 8.76. The summed E-state index contributed by atoms with van der Waals surface area (Å²) >= 11 is 12.1. The highest BCUT2D eigenvalue weighted by Gasteiger charge is 2.31. The van der Waals surface area contributed by atoms with E-state index >= 15 is 0 Å². The fraction of sp³-hybridized carbons (Fsp3) is 0.611. The Labute approximate surface area is 159 Å². The van der Waals surface area contributed by atoms with Crippen LogP contribution in [0, 0.1) is 5.92 Å². The van der Waals surface area contributed by atoms with E-state index in [1.54, 1.807) is 7.11 Å². The molecule has 0 aromatic heterocycles. The summed E-state index contributed by atoms with van der Waals surface area (Å²) in [4.78, 5) is 18.8. The molecule has 0 spiro atoms. The second kappa shape index (κ2) is 8.58. The maximum Gasteiger partial charge on any atom is 0.223 e. The molecule has 2 aliphatic rings. The zero-order valence-corrected chi connectivity index (χ0v) is 16.1. The Bertz CT molecular complexity index is 606. The topological polar surface area (TPSA) is 36.0 Å². The Balaban J connectivity index is 1.46. The third-order valence-corrected chi connectivity index (χ3v) is 5.76. The average Bonchev–Trinajstić information content (AvgIpc) is 2.95. The molecule has 0 unspecified atom stereocenters. The van der Waals surface area contributed by atoms with Crippen molar-refractivity contribution >= 4 is 34.8 Å². The lowest BCUT2D eigenvalue weighted by Crippen LogP contribution is -2.48. The van der Waals surface area contributed by atoms with Gasteiger partial charge in [-0.15, -0.1) is 0 Å². The third-order valence-electron chi connectivity index (χ3n) is 5.02. The van der Waals surface area contributed by atoms with Gasteiger partial charge in [-0.05, 0) is 24.1 Å². The van der Waals surface area contributed by atoms with Crippen LogP contribution in [0.2, 0.25) is 10.0 Å². The number of rotatable bonds is 6. The molecular weight excluding hydrogens is 361 g/mol. The van der Waals surface area contributed by atoms with Crippen LogP contribution in [0.5, 0.6) is 0 Å². The van der Waals surface area contributed by atoms with Gasteiger partial charge in [-0.2, -0.15) is 0 Å². The van der Waals surface area contributed by atoms with Gasteiger partial charge in [0.15, 0.2) is 0 Å². The molecule has 1 aromatic carbocycles. The van der Waals surface area contributed by atoms with Gasteiger partial charge in [0.25, 0.3) is 0 Å². The number of hydrogen-bond donors (Lipinski definition) is 0. The zero-order chi connectivity index (χ0) is 17.8. The van der Waals surface area contributed by atoms with Gasteiger partial charge in [0.05, 0.1) is 16.7 Å². The van der Waals surface area contributed by atoms with E-state index in [1.807, 2.05) is 23.1 Å². The van der Waals surface area contributed by atoms with E-state index in [0.29, 0.717) is 35.5 Å². The quantitative estimate of drug-likeness (QED) is 0.753. The van der Waals surface area contributed by atoms with E-state index in [-0.39, 0.29) is 5.91 Å². The summed E-state index contributed by atoms with van der Waals surface area (Å²) in [7, 11) is 1.67. The fourth-order valence-electron chi connectivity index (χ4n) is 3.63. The molecular formula is C18H25Cl2N3O2. The van der Waals surface area contributed by atoms with Gasteiger partial charge in [0.2, 0.25) is 5.91 Å². The lowest BCUT2D eigenvalue weighted by Gasteiger charge is -2.37. The Morgan fingerprint density at radius 1 is 1.16 bits per heavy atom. The highest BCUT2D eigenvalue weighted by atomic mass is 35.5. The van der Waals surface area contributed by atoms with E-state index in [0.717, 1.165) is 45.0 Å². The second-order valence-corrected chi connectivity index (χ2v) is 7.60. The smallest absolute Gasteiger partial charge is 0.223 e. The average molecular weight is 386 g/mol. The number of halogens is 2. The largest absolute Gasteiger partial charge is 0.383 e. The summed E-state index contributed by atoms with van der Waals surface area (Å²) in [6.07, 6.45) is 0.663. The van der Waals surface area contributed by atoms with Crippen LogP contribution in [-0.4, -0.2) is 75.2 Å². The summed E-state index contributed by atoms with van der Waals surface area (Å²) in [5, 5.41) is 1.19. The lowest BCUT2D eigenvalue weighted by molar-refractivity contribution is -0.128. The Hall–Kier alpha value is -1.01. The summed E-state index contributed by atoms with van der Waals surface area (Å²) in [5.74, 6) is 0.692. The van der Waals surface area contributed by atoms with Crippen molar-refractivity contribution in [2.45, 2.75) is 6.42 Å². The number of methoxy groups -OCH3 is 1. The molecule has 138 valence electrons. The second-order valence-electron chi connectivity index (χ2n) is 6.79. The molecule has 1 amide bonds. The first kappa shape index (κ1) is 18.8. The van der Waals surface area contributed by atoms with E-state index in [2.05, 4.69) is 9.80 Å². The number of carbonyl (C=O) groups excluding carboxylic acids is 1. The minimum atomic E-state index is 0.261. The van der Waals surface area contributed by atoms with Gasteiger partial charge in [0.1, 0.15) is 0 Å².